The van der Waals surface area contributed by atoms with Crippen molar-refractivity contribution in [3.8, 4) is 5.75 Å². The van der Waals surface area contributed by atoms with Crippen molar-refractivity contribution < 1.29 is 14.6 Å². The maximum absolute atomic E-state index is 11.5. The summed E-state index contributed by atoms with van der Waals surface area (Å²) in [4.78, 5) is 11.5. The molecule has 0 aliphatic carbocycles. The fourth-order valence-electron chi connectivity index (χ4n) is 1.66. The second-order valence-corrected chi connectivity index (χ2v) is 5.03. The molecule has 1 amide bonds. The molecule has 4 heteroatoms. The van der Waals surface area contributed by atoms with Gasteiger partial charge in [-0.15, -0.1) is 0 Å². The van der Waals surface area contributed by atoms with E-state index in [1.54, 1.807) is 31.4 Å². The van der Waals surface area contributed by atoms with Gasteiger partial charge in [-0.3, -0.25) is 4.79 Å². The summed E-state index contributed by atoms with van der Waals surface area (Å²) in [5, 5.41) is 12.7. The number of aliphatic hydroxyl groups is 1. The average molecular weight is 265 g/mol. The first-order valence-electron chi connectivity index (χ1n) is 6.61. The number of methoxy groups -OCH3 is 1. The molecule has 0 radical (unpaired) electrons. The first-order valence-corrected chi connectivity index (χ1v) is 6.61. The van der Waals surface area contributed by atoms with Crippen molar-refractivity contribution in [2.24, 2.45) is 5.92 Å². The lowest BCUT2D eigenvalue weighted by Gasteiger charge is -2.13. The van der Waals surface area contributed by atoms with Crippen LogP contribution >= 0.6 is 0 Å². The lowest BCUT2D eigenvalue weighted by Crippen LogP contribution is -2.28. The Balaban J connectivity index is 2.37. The zero-order chi connectivity index (χ0) is 14.3. The molecule has 0 aliphatic heterocycles. The van der Waals surface area contributed by atoms with Crippen LogP contribution in [0.3, 0.4) is 0 Å². The number of hydrogen-bond donors (Lipinski definition) is 2. The number of ether oxygens (including phenoxy) is 1. The summed E-state index contributed by atoms with van der Waals surface area (Å²) in [6.45, 7) is 4.40. The van der Waals surface area contributed by atoms with E-state index in [0.717, 1.165) is 17.7 Å². The van der Waals surface area contributed by atoms with Crippen LogP contribution in [0.25, 0.3) is 0 Å². The summed E-state index contributed by atoms with van der Waals surface area (Å²) in [7, 11) is 1.60. The van der Waals surface area contributed by atoms with Crippen molar-refractivity contribution in [2.45, 2.75) is 32.8 Å². The summed E-state index contributed by atoms with van der Waals surface area (Å²) in [5.74, 6) is 1.25. The number of benzene rings is 1. The van der Waals surface area contributed by atoms with Gasteiger partial charge in [0.15, 0.2) is 0 Å². The highest BCUT2D eigenvalue weighted by Crippen LogP contribution is 2.17. The number of rotatable bonds is 7. The Morgan fingerprint density at radius 2 is 1.95 bits per heavy atom. The molecule has 1 unspecified atom stereocenters. The van der Waals surface area contributed by atoms with Crippen molar-refractivity contribution in [3.05, 3.63) is 29.8 Å². The molecule has 0 aliphatic rings. The van der Waals surface area contributed by atoms with Crippen molar-refractivity contribution in [1.29, 1.82) is 0 Å². The van der Waals surface area contributed by atoms with Crippen LogP contribution in [-0.2, 0) is 4.79 Å². The Kier molecular flexibility index (Phi) is 6.36. The van der Waals surface area contributed by atoms with Gasteiger partial charge in [-0.1, -0.05) is 26.0 Å². The molecule has 2 N–H and O–H groups in total. The minimum Gasteiger partial charge on any atom is -0.497 e. The Morgan fingerprint density at radius 3 is 2.47 bits per heavy atom. The van der Waals surface area contributed by atoms with Gasteiger partial charge in [-0.25, -0.2) is 0 Å². The van der Waals surface area contributed by atoms with E-state index in [0.29, 0.717) is 12.3 Å². The fourth-order valence-corrected chi connectivity index (χ4v) is 1.66. The SMILES string of the molecule is COc1ccc(C(O)CNC(=O)CCC(C)C)cc1. The van der Waals surface area contributed by atoms with E-state index in [-0.39, 0.29) is 12.5 Å². The molecule has 1 rings (SSSR count). The third-order valence-electron chi connectivity index (χ3n) is 2.94. The smallest absolute Gasteiger partial charge is 0.220 e. The topological polar surface area (TPSA) is 58.6 Å². The monoisotopic (exact) mass is 265 g/mol. The molecule has 0 heterocycles. The molecule has 1 atom stereocenters. The van der Waals surface area contributed by atoms with E-state index in [2.05, 4.69) is 19.2 Å². The van der Waals surface area contributed by atoms with Crippen LogP contribution in [0.2, 0.25) is 0 Å². The predicted molar refractivity (Wildman–Crippen MR) is 75.0 cm³/mol. The number of aliphatic hydroxyl groups excluding tert-OH is 1. The van der Waals surface area contributed by atoms with Gasteiger partial charge in [0, 0.05) is 13.0 Å². The predicted octanol–water partition coefficient (Wildman–Crippen LogP) is 2.28. The van der Waals surface area contributed by atoms with Gasteiger partial charge < -0.3 is 15.2 Å². The minimum absolute atomic E-state index is 0.0127. The third-order valence-corrected chi connectivity index (χ3v) is 2.94. The van der Waals surface area contributed by atoms with Gasteiger partial charge in [0.05, 0.1) is 13.2 Å². The van der Waals surface area contributed by atoms with Crippen LogP contribution in [0.15, 0.2) is 24.3 Å². The Labute approximate surface area is 114 Å². The molecule has 0 spiro atoms. The van der Waals surface area contributed by atoms with Crippen LogP contribution in [-0.4, -0.2) is 24.7 Å². The van der Waals surface area contributed by atoms with Gasteiger partial charge in [0.2, 0.25) is 5.91 Å². The fraction of sp³-hybridized carbons (Fsp3) is 0.533. The summed E-state index contributed by atoms with van der Waals surface area (Å²) in [6.07, 6.45) is 0.686. The van der Waals surface area contributed by atoms with Crippen LogP contribution in [0, 0.1) is 5.92 Å². The molecule has 19 heavy (non-hydrogen) atoms. The number of nitrogens with one attached hydrogen (secondary N) is 1. The van der Waals surface area contributed by atoms with Crippen LogP contribution in [0.5, 0.6) is 5.75 Å². The van der Waals surface area contributed by atoms with Crippen LogP contribution < -0.4 is 10.1 Å². The maximum atomic E-state index is 11.5. The molecule has 0 bridgehead atoms. The van der Waals surface area contributed by atoms with E-state index in [1.807, 2.05) is 0 Å². The van der Waals surface area contributed by atoms with E-state index in [9.17, 15) is 9.90 Å². The molecule has 106 valence electrons. The molecular formula is C15H23NO3. The second-order valence-electron chi connectivity index (χ2n) is 5.03. The van der Waals surface area contributed by atoms with E-state index < -0.39 is 6.10 Å². The lowest BCUT2D eigenvalue weighted by atomic mass is 10.1. The Bertz CT molecular complexity index is 387. The highest BCUT2D eigenvalue weighted by atomic mass is 16.5. The second kappa shape index (κ2) is 7.79. The van der Waals surface area contributed by atoms with E-state index in [1.165, 1.54) is 0 Å². The minimum atomic E-state index is -0.686. The van der Waals surface area contributed by atoms with Crippen LogP contribution in [0.1, 0.15) is 38.4 Å². The van der Waals surface area contributed by atoms with E-state index >= 15 is 0 Å². The maximum Gasteiger partial charge on any atom is 0.220 e. The molecule has 1 aromatic carbocycles. The number of amides is 1. The zero-order valence-electron chi connectivity index (χ0n) is 11.8. The van der Waals surface area contributed by atoms with Crippen molar-refractivity contribution in [2.75, 3.05) is 13.7 Å². The number of carbonyl (C=O) groups is 1. The van der Waals surface area contributed by atoms with Gasteiger partial charge in [-0.2, -0.15) is 0 Å². The van der Waals surface area contributed by atoms with Crippen molar-refractivity contribution >= 4 is 5.91 Å². The molecule has 0 saturated carbocycles. The standard InChI is InChI=1S/C15H23NO3/c1-11(2)4-9-15(18)16-10-14(17)12-5-7-13(19-3)8-6-12/h5-8,11,14,17H,4,9-10H2,1-3H3,(H,16,18). The highest BCUT2D eigenvalue weighted by molar-refractivity contribution is 5.75. The Morgan fingerprint density at radius 1 is 1.32 bits per heavy atom. The van der Waals surface area contributed by atoms with Crippen molar-refractivity contribution in [3.63, 3.8) is 0 Å². The molecule has 0 saturated heterocycles. The van der Waals surface area contributed by atoms with Gasteiger partial charge in [0.25, 0.3) is 0 Å². The molecule has 1 aromatic rings. The molecule has 0 fully saturated rings. The zero-order valence-corrected chi connectivity index (χ0v) is 11.8. The molecular weight excluding hydrogens is 242 g/mol. The number of hydrogen-bond acceptors (Lipinski definition) is 3. The number of carbonyl (C=O) groups excluding carboxylic acids is 1. The molecule has 4 nitrogen and oxygen atoms in total. The summed E-state index contributed by atoms with van der Waals surface area (Å²) >= 11 is 0. The first kappa shape index (κ1) is 15.5. The lowest BCUT2D eigenvalue weighted by molar-refractivity contribution is -0.121. The van der Waals surface area contributed by atoms with Crippen molar-refractivity contribution in [1.82, 2.24) is 5.32 Å². The van der Waals surface area contributed by atoms with Gasteiger partial charge in [-0.05, 0) is 30.0 Å². The Hall–Kier alpha value is -1.55. The summed E-state index contributed by atoms with van der Waals surface area (Å²) < 4.78 is 5.05. The summed E-state index contributed by atoms with van der Waals surface area (Å²) in [6, 6.07) is 7.17. The summed E-state index contributed by atoms with van der Waals surface area (Å²) in [5.41, 5.74) is 0.768. The quantitative estimate of drug-likeness (QED) is 0.795. The van der Waals surface area contributed by atoms with Gasteiger partial charge in [0.1, 0.15) is 5.75 Å². The highest BCUT2D eigenvalue weighted by Gasteiger charge is 2.10. The largest absolute Gasteiger partial charge is 0.497 e. The van der Waals surface area contributed by atoms with Crippen LogP contribution in [0.4, 0.5) is 0 Å². The average Bonchev–Trinajstić information content (AvgIpc) is 2.42. The third kappa shape index (κ3) is 5.75. The normalized spacial score (nSPS) is 12.3. The van der Waals surface area contributed by atoms with Gasteiger partial charge >= 0.3 is 0 Å². The first-order chi connectivity index (χ1) is 9.02. The van der Waals surface area contributed by atoms with E-state index in [4.69, 9.17) is 4.74 Å². The molecule has 0 aromatic heterocycles.